The topological polar surface area (TPSA) is 96.0 Å². The highest BCUT2D eigenvalue weighted by molar-refractivity contribution is 6.04. The van der Waals surface area contributed by atoms with Gasteiger partial charge in [0.25, 0.3) is 11.6 Å². The number of anilines is 1. The van der Waals surface area contributed by atoms with Crippen molar-refractivity contribution >= 4 is 17.3 Å². The Labute approximate surface area is 120 Å². The van der Waals surface area contributed by atoms with Crippen LogP contribution < -0.4 is 5.32 Å². The smallest absolute Gasteiger partial charge is 0.272 e. The molecule has 0 spiro atoms. The second-order valence-electron chi connectivity index (χ2n) is 4.41. The van der Waals surface area contributed by atoms with Crippen LogP contribution in [-0.2, 0) is 0 Å². The number of carbonyl (C=O) groups excluding carboxylic acids is 1. The third kappa shape index (κ3) is 3.22. The molecular formula is C15H11N3O3. The van der Waals surface area contributed by atoms with Crippen LogP contribution in [0.5, 0.6) is 0 Å². The number of nitro benzene ring substituents is 1. The molecule has 0 saturated carbocycles. The molecule has 0 unspecified atom stereocenters. The van der Waals surface area contributed by atoms with E-state index in [1.165, 1.54) is 18.2 Å². The summed E-state index contributed by atoms with van der Waals surface area (Å²) in [6.45, 7) is 1.57. The van der Waals surface area contributed by atoms with Crippen molar-refractivity contribution in [1.82, 2.24) is 0 Å². The Morgan fingerprint density at radius 3 is 2.67 bits per heavy atom. The third-order valence-electron chi connectivity index (χ3n) is 2.91. The number of nitro groups is 1. The third-order valence-corrected chi connectivity index (χ3v) is 2.91. The van der Waals surface area contributed by atoms with Gasteiger partial charge in [-0.2, -0.15) is 5.26 Å². The van der Waals surface area contributed by atoms with Gasteiger partial charge in [-0.25, -0.2) is 0 Å². The summed E-state index contributed by atoms with van der Waals surface area (Å²) in [6.07, 6.45) is 0. The van der Waals surface area contributed by atoms with Crippen molar-refractivity contribution in [2.45, 2.75) is 6.92 Å². The molecular weight excluding hydrogens is 270 g/mol. The summed E-state index contributed by atoms with van der Waals surface area (Å²) in [7, 11) is 0. The molecule has 0 saturated heterocycles. The fourth-order valence-corrected chi connectivity index (χ4v) is 1.87. The molecule has 21 heavy (non-hydrogen) atoms. The Morgan fingerprint density at radius 1 is 1.29 bits per heavy atom. The number of nitrogens with zero attached hydrogens (tertiary/aromatic N) is 2. The Balaban J connectivity index is 2.22. The average Bonchev–Trinajstić information content (AvgIpc) is 2.46. The summed E-state index contributed by atoms with van der Waals surface area (Å²) in [6, 6.07) is 12.7. The zero-order chi connectivity index (χ0) is 15.4. The summed E-state index contributed by atoms with van der Waals surface area (Å²) in [4.78, 5) is 22.3. The molecule has 0 heterocycles. The van der Waals surface area contributed by atoms with Crippen LogP contribution >= 0.6 is 0 Å². The molecule has 0 atom stereocenters. The fraction of sp³-hybridized carbons (Fsp3) is 0.0667. The van der Waals surface area contributed by atoms with Crippen molar-refractivity contribution in [3.63, 3.8) is 0 Å². The quantitative estimate of drug-likeness (QED) is 0.690. The first-order valence-electron chi connectivity index (χ1n) is 6.08. The molecule has 0 aromatic heterocycles. The van der Waals surface area contributed by atoms with Gasteiger partial charge in [-0.3, -0.25) is 14.9 Å². The number of nitrogens with one attached hydrogen (secondary N) is 1. The first kappa shape index (κ1) is 14.2. The highest BCUT2D eigenvalue weighted by Crippen LogP contribution is 2.19. The van der Waals surface area contributed by atoms with Crippen LogP contribution in [0.1, 0.15) is 21.5 Å². The van der Waals surface area contributed by atoms with Crippen molar-refractivity contribution in [2.24, 2.45) is 0 Å². The van der Waals surface area contributed by atoms with Crippen molar-refractivity contribution in [1.29, 1.82) is 5.26 Å². The summed E-state index contributed by atoms with van der Waals surface area (Å²) < 4.78 is 0. The SMILES string of the molecule is Cc1cc(C(=O)Nc2cccc(C#N)c2)ccc1[N+](=O)[O-]. The van der Waals surface area contributed by atoms with Gasteiger partial charge in [-0.05, 0) is 37.3 Å². The minimum Gasteiger partial charge on any atom is -0.322 e. The van der Waals surface area contributed by atoms with E-state index in [-0.39, 0.29) is 11.6 Å². The van der Waals surface area contributed by atoms with E-state index in [4.69, 9.17) is 5.26 Å². The van der Waals surface area contributed by atoms with Crippen LogP contribution in [-0.4, -0.2) is 10.8 Å². The number of hydrogen-bond acceptors (Lipinski definition) is 4. The molecule has 0 radical (unpaired) electrons. The molecule has 2 rings (SSSR count). The number of aryl methyl sites for hydroxylation is 1. The zero-order valence-electron chi connectivity index (χ0n) is 11.2. The Kier molecular flexibility index (Phi) is 3.95. The summed E-state index contributed by atoms with van der Waals surface area (Å²) >= 11 is 0. The van der Waals surface area contributed by atoms with Crippen LogP contribution in [0, 0.1) is 28.4 Å². The van der Waals surface area contributed by atoms with Gasteiger partial charge in [0.1, 0.15) is 0 Å². The van der Waals surface area contributed by atoms with Crippen molar-refractivity contribution < 1.29 is 9.72 Å². The van der Waals surface area contributed by atoms with Crippen LogP contribution in [0.4, 0.5) is 11.4 Å². The van der Waals surface area contributed by atoms with Gasteiger partial charge >= 0.3 is 0 Å². The molecule has 1 N–H and O–H groups in total. The molecule has 1 amide bonds. The minimum atomic E-state index is -0.493. The predicted octanol–water partition coefficient (Wildman–Crippen LogP) is 3.03. The number of nitriles is 1. The predicted molar refractivity (Wildman–Crippen MR) is 76.9 cm³/mol. The molecule has 6 heteroatoms. The Morgan fingerprint density at radius 2 is 2.05 bits per heavy atom. The van der Waals surface area contributed by atoms with E-state index in [1.54, 1.807) is 31.2 Å². The lowest BCUT2D eigenvalue weighted by Crippen LogP contribution is -2.12. The monoisotopic (exact) mass is 281 g/mol. The number of benzene rings is 2. The maximum absolute atomic E-state index is 12.1. The molecule has 6 nitrogen and oxygen atoms in total. The van der Waals surface area contributed by atoms with Gasteiger partial charge in [0.05, 0.1) is 16.6 Å². The van der Waals surface area contributed by atoms with Gasteiger partial charge in [0.15, 0.2) is 0 Å². The van der Waals surface area contributed by atoms with E-state index in [0.717, 1.165) is 0 Å². The second-order valence-corrected chi connectivity index (χ2v) is 4.41. The largest absolute Gasteiger partial charge is 0.322 e. The molecule has 2 aromatic carbocycles. The lowest BCUT2D eigenvalue weighted by atomic mass is 10.1. The number of hydrogen-bond donors (Lipinski definition) is 1. The van der Waals surface area contributed by atoms with E-state index in [1.807, 2.05) is 6.07 Å². The molecule has 0 aliphatic rings. The highest BCUT2D eigenvalue weighted by Gasteiger charge is 2.13. The van der Waals surface area contributed by atoms with Gasteiger partial charge in [-0.1, -0.05) is 6.07 Å². The summed E-state index contributed by atoms with van der Waals surface area (Å²) in [5.41, 5.74) is 1.64. The van der Waals surface area contributed by atoms with Crippen LogP contribution in [0.25, 0.3) is 0 Å². The van der Waals surface area contributed by atoms with E-state index in [9.17, 15) is 14.9 Å². The van der Waals surface area contributed by atoms with Gasteiger partial charge in [0, 0.05) is 22.9 Å². The summed E-state index contributed by atoms with van der Waals surface area (Å²) in [5.74, 6) is -0.386. The second kappa shape index (κ2) is 5.84. The van der Waals surface area contributed by atoms with Crippen LogP contribution in [0.3, 0.4) is 0 Å². The number of rotatable bonds is 3. The number of carbonyl (C=O) groups is 1. The first-order valence-corrected chi connectivity index (χ1v) is 6.08. The molecule has 0 aliphatic carbocycles. The van der Waals surface area contributed by atoms with Crippen LogP contribution in [0.2, 0.25) is 0 Å². The maximum Gasteiger partial charge on any atom is 0.272 e. The van der Waals surface area contributed by atoms with Crippen molar-refractivity contribution in [3.8, 4) is 6.07 Å². The standard InChI is InChI=1S/C15H11N3O3/c1-10-7-12(5-6-14(10)18(20)21)15(19)17-13-4-2-3-11(8-13)9-16/h2-8H,1H3,(H,17,19). The zero-order valence-corrected chi connectivity index (χ0v) is 11.2. The van der Waals surface area contributed by atoms with E-state index in [2.05, 4.69) is 5.32 Å². The molecule has 2 aromatic rings. The lowest BCUT2D eigenvalue weighted by molar-refractivity contribution is -0.385. The highest BCUT2D eigenvalue weighted by atomic mass is 16.6. The van der Waals surface area contributed by atoms with Crippen LogP contribution in [0.15, 0.2) is 42.5 Å². The van der Waals surface area contributed by atoms with E-state index < -0.39 is 4.92 Å². The molecule has 0 bridgehead atoms. The number of amides is 1. The average molecular weight is 281 g/mol. The maximum atomic E-state index is 12.1. The normalized spacial score (nSPS) is 9.71. The first-order chi connectivity index (χ1) is 10.0. The molecule has 0 fully saturated rings. The van der Waals surface area contributed by atoms with Crippen molar-refractivity contribution in [3.05, 3.63) is 69.3 Å². The summed E-state index contributed by atoms with van der Waals surface area (Å²) in [5, 5.41) is 22.2. The van der Waals surface area contributed by atoms with Gasteiger partial charge < -0.3 is 5.32 Å². The van der Waals surface area contributed by atoms with E-state index in [0.29, 0.717) is 22.4 Å². The Bertz CT molecular complexity index is 763. The van der Waals surface area contributed by atoms with Gasteiger partial charge in [-0.15, -0.1) is 0 Å². The molecule has 104 valence electrons. The molecule has 0 aliphatic heterocycles. The lowest BCUT2D eigenvalue weighted by Gasteiger charge is -2.06. The van der Waals surface area contributed by atoms with Crippen molar-refractivity contribution in [2.75, 3.05) is 5.32 Å². The van der Waals surface area contributed by atoms with Gasteiger partial charge in [0.2, 0.25) is 0 Å². The van der Waals surface area contributed by atoms with E-state index >= 15 is 0 Å². The minimum absolute atomic E-state index is 0.0296. The Hall–Kier alpha value is -3.20. The fourth-order valence-electron chi connectivity index (χ4n) is 1.87.